The van der Waals surface area contributed by atoms with Crippen molar-refractivity contribution in [2.45, 2.75) is 24.9 Å². The number of rotatable bonds is 7. The van der Waals surface area contributed by atoms with Crippen LogP contribution in [0.15, 0.2) is 5.16 Å². The topological polar surface area (TPSA) is 71.3 Å². The van der Waals surface area contributed by atoms with E-state index in [1.165, 1.54) is 26.2 Å². The third-order valence-electron chi connectivity index (χ3n) is 2.55. The monoisotopic (exact) mass is 333 g/mol. The molecule has 1 heterocycles. The van der Waals surface area contributed by atoms with Gasteiger partial charge in [0.2, 0.25) is 6.41 Å². The lowest BCUT2D eigenvalue weighted by molar-refractivity contribution is -0.117. The van der Waals surface area contributed by atoms with Crippen LogP contribution in [0, 0.1) is 0 Å². The first-order valence-electron chi connectivity index (χ1n) is 6.47. The largest absolute Gasteiger partial charge is 0.346 e. The molecule has 0 saturated carbocycles. The summed E-state index contributed by atoms with van der Waals surface area (Å²) in [5.74, 6) is 1.45. The average molecular weight is 334 g/mol. The van der Waals surface area contributed by atoms with Gasteiger partial charge in [-0.25, -0.2) is 9.78 Å². The van der Waals surface area contributed by atoms with E-state index in [2.05, 4.69) is 10.1 Å². The van der Waals surface area contributed by atoms with E-state index in [0.717, 1.165) is 6.41 Å². The zero-order chi connectivity index (χ0) is 16.0. The standard InChI is InChI=1S/C12H20ClN5O2S/c1-9(2)10-14-11(18(15-10)12(20)16(3)4)21-8-17(7-19)6-5-13/h7,9H,5-6,8H2,1-4H3. The van der Waals surface area contributed by atoms with Gasteiger partial charge in [-0.05, 0) is 0 Å². The van der Waals surface area contributed by atoms with E-state index >= 15 is 0 Å². The number of hydrogen-bond acceptors (Lipinski definition) is 5. The molecular formula is C12H20ClN5O2S. The fourth-order valence-electron chi connectivity index (χ4n) is 1.36. The predicted octanol–water partition coefficient (Wildman–Crippen LogP) is 1.68. The van der Waals surface area contributed by atoms with Crippen LogP contribution in [0.5, 0.6) is 0 Å². The molecule has 0 aliphatic rings. The Hall–Kier alpha value is -1.28. The Morgan fingerprint density at radius 2 is 2.14 bits per heavy atom. The van der Waals surface area contributed by atoms with E-state index in [-0.39, 0.29) is 11.9 Å². The van der Waals surface area contributed by atoms with Crippen molar-refractivity contribution in [3.05, 3.63) is 5.82 Å². The van der Waals surface area contributed by atoms with Crippen molar-refractivity contribution in [3.63, 3.8) is 0 Å². The van der Waals surface area contributed by atoms with Gasteiger partial charge >= 0.3 is 6.03 Å². The van der Waals surface area contributed by atoms with E-state index in [1.54, 1.807) is 14.1 Å². The van der Waals surface area contributed by atoms with Gasteiger partial charge < -0.3 is 9.80 Å². The lowest BCUT2D eigenvalue weighted by Gasteiger charge is -2.15. The zero-order valence-electron chi connectivity index (χ0n) is 12.6. The summed E-state index contributed by atoms with van der Waals surface area (Å²) in [6.07, 6.45) is 0.729. The molecule has 0 aliphatic carbocycles. The van der Waals surface area contributed by atoms with E-state index in [1.807, 2.05) is 13.8 Å². The number of hydrogen-bond donors (Lipinski definition) is 0. The van der Waals surface area contributed by atoms with Crippen LogP contribution in [-0.4, -0.2) is 69.4 Å². The first kappa shape index (κ1) is 17.8. The molecule has 0 aliphatic heterocycles. The maximum Gasteiger partial charge on any atom is 0.346 e. The minimum atomic E-state index is -0.271. The molecule has 0 saturated heterocycles. The first-order chi connectivity index (χ1) is 9.90. The Bertz CT molecular complexity index is 492. The molecule has 118 valence electrons. The summed E-state index contributed by atoms with van der Waals surface area (Å²) in [4.78, 5) is 30.3. The summed E-state index contributed by atoms with van der Waals surface area (Å²) in [5, 5.41) is 4.71. The fraction of sp³-hybridized carbons (Fsp3) is 0.667. The molecule has 0 aromatic carbocycles. The van der Waals surface area contributed by atoms with Crippen LogP contribution >= 0.6 is 23.4 Å². The van der Waals surface area contributed by atoms with Gasteiger partial charge in [-0.2, -0.15) is 4.68 Å². The molecule has 0 bridgehead atoms. The SMILES string of the molecule is CC(C)c1nc(SCN(C=O)CCCl)n(C(=O)N(C)C)n1. The van der Waals surface area contributed by atoms with Crippen molar-refractivity contribution in [1.82, 2.24) is 24.6 Å². The van der Waals surface area contributed by atoms with Gasteiger partial charge in [-0.1, -0.05) is 25.6 Å². The van der Waals surface area contributed by atoms with E-state index in [9.17, 15) is 9.59 Å². The van der Waals surface area contributed by atoms with Crippen molar-refractivity contribution in [2.75, 3.05) is 32.4 Å². The molecule has 7 nitrogen and oxygen atoms in total. The van der Waals surface area contributed by atoms with Crippen molar-refractivity contribution < 1.29 is 9.59 Å². The lowest BCUT2D eigenvalue weighted by Crippen LogP contribution is -2.29. The summed E-state index contributed by atoms with van der Waals surface area (Å²) < 4.78 is 1.27. The highest BCUT2D eigenvalue weighted by molar-refractivity contribution is 7.99. The number of nitrogens with zero attached hydrogens (tertiary/aromatic N) is 5. The Balaban J connectivity index is 2.93. The van der Waals surface area contributed by atoms with E-state index < -0.39 is 0 Å². The van der Waals surface area contributed by atoms with Crippen molar-refractivity contribution in [3.8, 4) is 0 Å². The molecule has 0 N–H and O–H groups in total. The van der Waals surface area contributed by atoms with E-state index in [4.69, 9.17) is 11.6 Å². The van der Waals surface area contributed by atoms with Crippen LogP contribution in [-0.2, 0) is 4.79 Å². The molecule has 0 radical (unpaired) electrons. The summed E-state index contributed by atoms with van der Waals surface area (Å²) >= 11 is 6.90. The number of carbonyl (C=O) groups is 2. The second-order valence-corrected chi connectivity index (χ2v) is 6.17. The van der Waals surface area contributed by atoms with Crippen LogP contribution in [0.25, 0.3) is 0 Å². The summed E-state index contributed by atoms with van der Waals surface area (Å²) in [5.41, 5.74) is 0. The number of halogens is 1. The van der Waals surface area contributed by atoms with Gasteiger partial charge in [0, 0.05) is 32.4 Å². The number of thioether (sulfide) groups is 1. The van der Waals surface area contributed by atoms with Crippen molar-refractivity contribution in [2.24, 2.45) is 0 Å². The predicted molar refractivity (Wildman–Crippen MR) is 82.8 cm³/mol. The van der Waals surface area contributed by atoms with Crippen molar-refractivity contribution in [1.29, 1.82) is 0 Å². The maximum atomic E-state index is 12.1. The van der Waals surface area contributed by atoms with Crippen molar-refractivity contribution >= 4 is 35.8 Å². The molecule has 0 fully saturated rings. The van der Waals surface area contributed by atoms with Gasteiger partial charge in [0.15, 0.2) is 11.0 Å². The van der Waals surface area contributed by atoms with Gasteiger partial charge in [0.25, 0.3) is 0 Å². The average Bonchev–Trinajstić information content (AvgIpc) is 2.86. The number of amides is 2. The van der Waals surface area contributed by atoms with Gasteiger partial charge in [-0.3, -0.25) is 4.79 Å². The number of alkyl halides is 1. The summed E-state index contributed by atoms with van der Waals surface area (Å²) in [6.45, 7) is 4.36. The maximum absolute atomic E-state index is 12.1. The molecule has 1 aromatic rings. The van der Waals surface area contributed by atoms with Crippen LogP contribution in [0.4, 0.5) is 4.79 Å². The van der Waals surface area contributed by atoms with E-state index in [0.29, 0.717) is 29.3 Å². The summed E-state index contributed by atoms with van der Waals surface area (Å²) in [7, 11) is 3.30. The van der Waals surface area contributed by atoms with Gasteiger partial charge in [0.1, 0.15) is 0 Å². The highest BCUT2D eigenvalue weighted by Gasteiger charge is 2.20. The minimum absolute atomic E-state index is 0.116. The normalized spacial score (nSPS) is 10.8. The Labute approximate surface area is 133 Å². The molecule has 21 heavy (non-hydrogen) atoms. The number of aromatic nitrogens is 3. The molecule has 0 spiro atoms. The third kappa shape index (κ3) is 4.89. The highest BCUT2D eigenvalue weighted by Crippen LogP contribution is 2.20. The third-order valence-corrected chi connectivity index (χ3v) is 3.71. The molecule has 0 atom stereocenters. The second-order valence-electron chi connectivity index (χ2n) is 4.88. The number of carbonyl (C=O) groups excluding carboxylic acids is 2. The van der Waals surface area contributed by atoms with Crippen LogP contribution in [0.1, 0.15) is 25.6 Å². The van der Waals surface area contributed by atoms with Crippen LogP contribution < -0.4 is 0 Å². The van der Waals surface area contributed by atoms with Gasteiger partial charge in [0.05, 0.1) is 5.88 Å². The molecule has 2 amide bonds. The highest BCUT2D eigenvalue weighted by atomic mass is 35.5. The van der Waals surface area contributed by atoms with Crippen LogP contribution in [0.3, 0.4) is 0 Å². The molecule has 1 aromatic heterocycles. The Kier molecular flexibility index (Phi) is 6.97. The molecular weight excluding hydrogens is 314 g/mol. The smallest absolute Gasteiger partial charge is 0.334 e. The summed E-state index contributed by atoms with van der Waals surface area (Å²) in [6, 6.07) is -0.271. The Morgan fingerprint density at radius 1 is 1.48 bits per heavy atom. The Morgan fingerprint density at radius 3 is 2.62 bits per heavy atom. The lowest BCUT2D eigenvalue weighted by atomic mass is 10.2. The fourth-order valence-corrected chi connectivity index (χ4v) is 2.45. The quantitative estimate of drug-likeness (QED) is 0.328. The second kappa shape index (κ2) is 8.23. The zero-order valence-corrected chi connectivity index (χ0v) is 14.2. The van der Waals surface area contributed by atoms with Crippen LogP contribution in [0.2, 0.25) is 0 Å². The molecule has 1 rings (SSSR count). The first-order valence-corrected chi connectivity index (χ1v) is 7.99. The van der Waals surface area contributed by atoms with Gasteiger partial charge in [-0.15, -0.1) is 16.7 Å². The molecule has 0 unspecified atom stereocenters. The minimum Gasteiger partial charge on any atom is -0.334 e. The molecule has 9 heteroatoms.